The van der Waals surface area contributed by atoms with Gasteiger partial charge in [0.2, 0.25) is 0 Å². The van der Waals surface area contributed by atoms with Gasteiger partial charge in [0.25, 0.3) is 0 Å². The van der Waals surface area contributed by atoms with Crippen LogP contribution in [-0.4, -0.2) is 27.6 Å². The number of rotatable bonds is 5. The lowest BCUT2D eigenvalue weighted by Crippen LogP contribution is -2.23. The molecule has 0 fully saturated rings. The second kappa shape index (κ2) is 6.16. The van der Waals surface area contributed by atoms with E-state index in [0.717, 1.165) is 16.5 Å². The third-order valence-electron chi connectivity index (χ3n) is 3.16. The van der Waals surface area contributed by atoms with E-state index < -0.39 is 6.10 Å². The van der Waals surface area contributed by atoms with Gasteiger partial charge in [-0.05, 0) is 22.9 Å². The number of nitrogens with zero attached hydrogens (tertiary/aromatic N) is 2. The monoisotopic (exact) mass is 302 g/mol. The number of aromatic nitrogens is 2. The van der Waals surface area contributed by atoms with Gasteiger partial charge in [0.15, 0.2) is 0 Å². The number of fused-ring (bicyclic) bond motifs is 1. The zero-order chi connectivity index (χ0) is 14.7. The van der Waals surface area contributed by atoms with Gasteiger partial charge in [-0.15, -0.1) is 0 Å². The third-order valence-corrected chi connectivity index (χ3v) is 3.36. The molecule has 0 aliphatic heterocycles. The van der Waals surface area contributed by atoms with Crippen LogP contribution in [0.25, 0.3) is 10.8 Å². The summed E-state index contributed by atoms with van der Waals surface area (Å²) < 4.78 is 7.22. The lowest BCUT2D eigenvalue weighted by molar-refractivity contribution is 0.0894. The van der Waals surface area contributed by atoms with Gasteiger partial charge in [-0.25, -0.2) is 0 Å². The Morgan fingerprint density at radius 1 is 1.19 bits per heavy atom. The first-order valence-electron chi connectivity index (χ1n) is 6.68. The summed E-state index contributed by atoms with van der Waals surface area (Å²) in [6, 6.07) is 13.9. The predicted octanol–water partition coefficient (Wildman–Crippen LogP) is 3.13. The highest BCUT2D eigenvalue weighted by Crippen LogP contribution is 2.20. The highest BCUT2D eigenvalue weighted by atomic mass is 35.5. The van der Waals surface area contributed by atoms with Gasteiger partial charge in [-0.3, -0.25) is 4.68 Å². The van der Waals surface area contributed by atoms with Crippen LogP contribution in [0.5, 0.6) is 5.75 Å². The van der Waals surface area contributed by atoms with E-state index in [1.807, 2.05) is 36.4 Å². The van der Waals surface area contributed by atoms with Gasteiger partial charge in [-0.2, -0.15) is 5.10 Å². The van der Waals surface area contributed by atoms with Crippen LogP contribution in [0, 0.1) is 0 Å². The van der Waals surface area contributed by atoms with Crippen molar-refractivity contribution in [1.82, 2.24) is 9.78 Å². The van der Waals surface area contributed by atoms with Crippen molar-refractivity contribution in [3.63, 3.8) is 0 Å². The summed E-state index contributed by atoms with van der Waals surface area (Å²) in [7, 11) is 0. The van der Waals surface area contributed by atoms with E-state index in [4.69, 9.17) is 16.3 Å². The fourth-order valence-corrected chi connectivity index (χ4v) is 2.31. The van der Waals surface area contributed by atoms with Gasteiger partial charge >= 0.3 is 0 Å². The topological polar surface area (TPSA) is 47.3 Å². The zero-order valence-electron chi connectivity index (χ0n) is 11.3. The minimum atomic E-state index is -0.646. The van der Waals surface area contributed by atoms with Crippen molar-refractivity contribution in [2.45, 2.75) is 12.6 Å². The van der Waals surface area contributed by atoms with Crippen LogP contribution < -0.4 is 4.74 Å². The summed E-state index contributed by atoms with van der Waals surface area (Å²) in [6.45, 7) is 0.552. The number of aliphatic hydroxyl groups excluding tert-OH is 1. The van der Waals surface area contributed by atoms with E-state index in [2.05, 4.69) is 11.2 Å². The molecule has 108 valence electrons. The van der Waals surface area contributed by atoms with Crippen LogP contribution in [0.3, 0.4) is 0 Å². The first kappa shape index (κ1) is 13.9. The van der Waals surface area contributed by atoms with Crippen LogP contribution in [0.4, 0.5) is 0 Å². The summed E-state index contributed by atoms with van der Waals surface area (Å²) in [5.74, 6) is 0.742. The van der Waals surface area contributed by atoms with Crippen LogP contribution in [0.15, 0.2) is 54.9 Å². The Kier molecular flexibility index (Phi) is 4.08. The Balaban J connectivity index is 1.60. The summed E-state index contributed by atoms with van der Waals surface area (Å²) >= 11 is 5.78. The fourth-order valence-electron chi connectivity index (χ4n) is 2.16. The second-order valence-corrected chi connectivity index (χ2v) is 5.29. The molecule has 0 bridgehead atoms. The van der Waals surface area contributed by atoms with Crippen molar-refractivity contribution in [2.24, 2.45) is 0 Å². The highest BCUT2D eigenvalue weighted by molar-refractivity contribution is 6.30. The molecule has 1 N–H and O–H groups in total. The number of hydrogen-bond acceptors (Lipinski definition) is 3. The van der Waals surface area contributed by atoms with Gasteiger partial charge in [0.1, 0.15) is 18.5 Å². The maximum Gasteiger partial charge on any atom is 0.120 e. The third kappa shape index (κ3) is 3.54. The summed E-state index contributed by atoms with van der Waals surface area (Å²) in [6.07, 6.45) is 2.56. The quantitative estimate of drug-likeness (QED) is 0.787. The maximum absolute atomic E-state index is 9.96. The van der Waals surface area contributed by atoms with Crippen molar-refractivity contribution in [3.05, 3.63) is 59.9 Å². The molecule has 4 nitrogen and oxygen atoms in total. The summed E-state index contributed by atoms with van der Waals surface area (Å²) in [4.78, 5) is 0. The Bertz CT molecular complexity index is 742. The predicted molar refractivity (Wildman–Crippen MR) is 82.7 cm³/mol. The van der Waals surface area contributed by atoms with Gasteiger partial charge in [-0.1, -0.05) is 41.9 Å². The first-order chi connectivity index (χ1) is 10.2. The molecule has 0 aliphatic carbocycles. The van der Waals surface area contributed by atoms with Crippen molar-refractivity contribution in [3.8, 4) is 5.75 Å². The molecule has 5 heteroatoms. The van der Waals surface area contributed by atoms with Gasteiger partial charge < -0.3 is 9.84 Å². The molecule has 1 aromatic heterocycles. The summed E-state index contributed by atoms with van der Waals surface area (Å²) in [5, 5.41) is 16.8. The maximum atomic E-state index is 9.96. The molecular weight excluding hydrogens is 288 g/mol. The molecule has 21 heavy (non-hydrogen) atoms. The van der Waals surface area contributed by atoms with Crippen LogP contribution in [-0.2, 0) is 6.54 Å². The molecule has 0 saturated carbocycles. The molecule has 0 radical (unpaired) electrons. The second-order valence-electron chi connectivity index (χ2n) is 4.85. The fraction of sp³-hybridized carbons (Fsp3) is 0.188. The van der Waals surface area contributed by atoms with E-state index in [0.29, 0.717) is 11.6 Å². The minimum Gasteiger partial charge on any atom is -0.491 e. The molecule has 1 heterocycles. The Morgan fingerprint density at radius 3 is 2.76 bits per heavy atom. The lowest BCUT2D eigenvalue weighted by Gasteiger charge is -2.13. The zero-order valence-corrected chi connectivity index (χ0v) is 12.1. The average Bonchev–Trinajstić information content (AvgIpc) is 2.90. The number of ether oxygens (including phenoxy) is 1. The molecule has 3 aromatic rings. The molecule has 0 amide bonds. The standard InChI is InChI=1S/C16H15ClN2O2/c17-14-8-18-19(9-14)10-15(20)11-21-16-6-5-12-3-1-2-4-13(12)7-16/h1-9,15,20H,10-11H2. The molecule has 0 spiro atoms. The van der Waals surface area contributed by atoms with Crippen LogP contribution in [0.2, 0.25) is 5.02 Å². The van der Waals surface area contributed by atoms with E-state index in [-0.39, 0.29) is 6.61 Å². The normalized spacial score (nSPS) is 12.5. The number of halogens is 1. The van der Waals surface area contributed by atoms with Crippen molar-refractivity contribution in [1.29, 1.82) is 0 Å². The highest BCUT2D eigenvalue weighted by Gasteiger charge is 2.08. The Hall–Kier alpha value is -2.04. The van der Waals surface area contributed by atoms with E-state index in [9.17, 15) is 5.11 Å². The molecule has 1 atom stereocenters. The molecule has 1 unspecified atom stereocenters. The molecule has 0 saturated heterocycles. The van der Waals surface area contributed by atoms with E-state index >= 15 is 0 Å². The number of hydrogen-bond donors (Lipinski definition) is 1. The lowest BCUT2D eigenvalue weighted by atomic mass is 10.1. The largest absolute Gasteiger partial charge is 0.491 e. The van der Waals surface area contributed by atoms with E-state index in [1.54, 1.807) is 17.1 Å². The molecule has 0 aliphatic rings. The number of benzene rings is 2. The number of aliphatic hydroxyl groups is 1. The minimum absolute atomic E-state index is 0.204. The van der Waals surface area contributed by atoms with Gasteiger partial charge in [0.05, 0.1) is 17.8 Å². The smallest absolute Gasteiger partial charge is 0.120 e. The summed E-state index contributed by atoms with van der Waals surface area (Å²) in [5.41, 5.74) is 0. The average molecular weight is 303 g/mol. The van der Waals surface area contributed by atoms with Crippen LogP contribution in [0.1, 0.15) is 0 Å². The van der Waals surface area contributed by atoms with Gasteiger partial charge in [0, 0.05) is 6.20 Å². The van der Waals surface area contributed by atoms with Crippen molar-refractivity contribution < 1.29 is 9.84 Å². The first-order valence-corrected chi connectivity index (χ1v) is 7.06. The Labute approximate surface area is 127 Å². The Morgan fingerprint density at radius 2 is 2.00 bits per heavy atom. The van der Waals surface area contributed by atoms with Crippen LogP contribution >= 0.6 is 11.6 Å². The molecular formula is C16H15ClN2O2. The van der Waals surface area contributed by atoms with Crippen molar-refractivity contribution in [2.75, 3.05) is 6.61 Å². The van der Waals surface area contributed by atoms with E-state index in [1.165, 1.54) is 0 Å². The SMILES string of the molecule is OC(COc1ccc2ccccc2c1)Cn1cc(Cl)cn1. The van der Waals surface area contributed by atoms with Crippen molar-refractivity contribution >= 4 is 22.4 Å². The molecule has 3 rings (SSSR count). The molecule has 2 aromatic carbocycles.